The molecule has 2 aromatic rings. The highest BCUT2D eigenvalue weighted by atomic mass is 32.1. The van der Waals surface area contributed by atoms with E-state index in [9.17, 15) is 4.79 Å². The van der Waals surface area contributed by atoms with Gasteiger partial charge in [0.15, 0.2) is 5.69 Å². The Kier molecular flexibility index (Phi) is 4.37. The van der Waals surface area contributed by atoms with Crippen molar-refractivity contribution in [3.63, 3.8) is 0 Å². The Morgan fingerprint density at radius 1 is 1.33 bits per heavy atom. The van der Waals surface area contributed by atoms with E-state index in [2.05, 4.69) is 32.5 Å². The van der Waals surface area contributed by atoms with Gasteiger partial charge < -0.3 is 10.2 Å². The molecule has 1 unspecified atom stereocenters. The Hall–Kier alpha value is -1.73. The average molecular weight is 345 g/mol. The third-order valence-corrected chi connectivity index (χ3v) is 5.93. The van der Waals surface area contributed by atoms with E-state index in [0.29, 0.717) is 11.7 Å². The quantitative estimate of drug-likeness (QED) is 0.929. The van der Waals surface area contributed by atoms with Crippen LogP contribution in [0.2, 0.25) is 0 Å². The molecule has 2 saturated heterocycles. The zero-order valence-corrected chi connectivity index (χ0v) is 14.8. The number of amides is 1. The van der Waals surface area contributed by atoms with Crippen LogP contribution in [0.1, 0.15) is 59.5 Å². The standard InChI is InChI=1S/C17H23N5OS/c1-12-16(19-20-22(12)14-4-7-18-8-5-14)17(23)21-9-2-3-15(21)13-6-10-24-11-13/h6,10-11,14-15,18H,2-5,7-9H2,1H3. The van der Waals surface area contributed by atoms with Crippen molar-refractivity contribution in [2.24, 2.45) is 0 Å². The number of nitrogens with one attached hydrogen (secondary N) is 1. The Labute approximate surface area is 145 Å². The highest BCUT2D eigenvalue weighted by Gasteiger charge is 2.34. The first-order valence-electron chi connectivity index (χ1n) is 8.71. The van der Waals surface area contributed by atoms with Crippen LogP contribution in [0.3, 0.4) is 0 Å². The summed E-state index contributed by atoms with van der Waals surface area (Å²) < 4.78 is 1.96. The number of aromatic nitrogens is 3. The van der Waals surface area contributed by atoms with Gasteiger partial charge in [0.05, 0.1) is 17.8 Å². The SMILES string of the molecule is Cc1c(C(=O)N2CCCC2c2ccsc2)nnn1C1CCNCC1. The summed E-state index contributed by atoms with van der Waals surface area (Å²) >= 11 is 1.69. The van der Waals surface area contributed by atoms with Gasteiger partial charge in [-0.05, 0) is 68.1 Å². The maximum atomic E-state index is 13.1. The van der Waals surface area contributed by atoms with Crippen LogP contribution in [0.5, 0.6) is 0 Å². The zero-order chi connectivity index (χ0) is 16.5. The lowest BCUT2D eigenvalue weighted by molar-refractivity contribution is 0.0729. The maximum absolute atomic E-state index is 13.1. The van der Waals surface area contributed by atoms with Crippen LogP contribution in [-0.4, -0.2) is 45.4 Å². The van der Waals surface area contributed by atoms with Gasteiger partial charge in [0.2, 0.25) is 0 Å². The van der Waals surface area contributed by atoms with Gasteiger partial charge in [0, 0.05) is 6.54 Å². The molecular weight excluding hydrogens is 322 g/mol. The molecule has 1 atom stereocenters. The van der Waals surface area contributed by atoms with Crippen molar-refractivity contribution in [3.8, 4) is 0 Å². The highest BCUT2D eigenvalue weighted by Crippen LogP contribution is 2.34. The summed E-state index contributed by atoms with van der Waals surface area (Å²) in [5, 5.41) is 16.2. The molecule has 6 nitrogen and oxygen atoms in total. The van der Waals surface area contributed by atoms with Crippen molar-refractivity contribution in [1.29, 1.82) is 0 Å². The van der Waals surface area contributed by atoms with E-state index in [1.54, 1.807) is 11.3 Å². The predicted molar refractivity (Wildman–Crippen MR) is 93.2 cm³/mol. The van der Waals surface area contributed by atoms with Crippen molar-refractivity contribution in [2.45, 2.75) is 44.7 Å². The molecule has 0 aliphatic carbocycles. The van der Waals surface area contributed by atoms with Crippen molar-refractivity contribution in [1.82, 2.24) is 25.2 Å². The summed E-state index contributed by atoms with van der Waals surface area (Å²) in [7, 11) is 0. The van der Waals surface area contributed by atoms with Crippen LogP contribution in [-0.2, 0) is 0 Å². The fourth-order valence-electron chi connectivity index (χ4n) is 3.89. The average Bonchev–Trinajstić information content (AvgIpc) is 3.35. The third kappa shape index (κ3) is 2.75. The van der Waals surface area contributed by atoms with E-state index in [0.717, 1.165) is 51.0 Å². The summed E-state index contributed by atoms with van der Waals surface area (Å²) in [6.45, 7) is 4.78. The lowest BCUT2D eigenvalue weighted by atomic mass is 10.1. The maximum Gasteiger partial charge on any atom is 0.276 e. The molecule has 1 N–H and O–H groups in total. The molecule has 4 heterocycles. The van der Waals surface area contributed by atoms with E-state index in [-0.39, 0.29) is 11.9 Å². The van der Waals surface area contributed by atoms with E-state index < -0.39 is 0 Å². The van der Waals surface area contributed by atoms with E-state index in [1.165, 1.54) is 5.56 Å². The second-order valence-electron chi connectivity index (χ2n) is 6.66. The van der Waals surface area contributed by atoms with E-state index in [1.807, 2.05) is 16.5 Å². The fraction of sp³-hybridized carbons (Fsp3) is 0.588. The van der Waals surface area contributed by atoms with Crippen molar-refractivity contribution < 1.29 is 4.79 Å². The summed E-state index contributed by atoms with van der Waals surface area (Å²) in [6.07, 6.45) is 4.16. The number of carbonyl (C=O) groups excluding carboxylic acids is 1. The van der Waals surface area contributed by atoms with Gasteiger partial charge in [-0.3, -0.25) is 4.79 Å². The molecule has 2 aliphatic rings. The zero-order valence-electron chi connectivity index (χ0n) is 13.9. The summed E-state index contributed by atoms with van der Waals surface area (Å²) in [4.78, 5) is 15.0. The van der Waals surface area contributed by atoms with Crippen LogP contribution in [0.4, 0.5) is 0 Å². The highest BCUT2D eigenvalue weighted by molar-refractivity contribution is 7.07. The number of carbonyl (C=O) groups is 1. The number of hydrogen-bond donors (Lipinski definition) is 1. The first kappa shape index (κ1) is 15.8. The van der Waals surface area contributed by atoms with Crippen molar-refractivity contribution in [2.75, 3.05) is 19.6 Å². The Bertz CT molecular complexity index is 705. The molecule has 2 aliphatic heterocycles. The second-order valence-corrected chi connectivity index (χ2v) is 7.44. The normalized spacial score (nSPS) is 22.2. The molecule has 7 heteroatoms. The number of rotatable bonds is 3. The second kappa shape index (κ2) is 6.64. The summed E-state index contributed by atoms with van der Waals surface area (Å²) in [6, 6.07) is 2.67. The molecule has 24 heavy (non-hydrogen) atoms. The summed E-state index contributed by atoms with van der Waals surface area (Å²) in [5.74, 6) is 0.0291. The van der Waals surface area contributed by atoms with Gasteiger partial charge >= 0.3 is 0 Å². The molecule has 2 aromatic heterocycles. The molecule has 0 radical (unpaired) electrons. The van der Waals surface area contributed by atoms with Gasteiger partial charge in [-0.1, -0.05) is 5.21 Å². The number of likely N-dealkylation sites (tertiary alicyclic amines) is 1. The molecule has 0 aromatic carbocycles. The van der Waals surface area contributed by atoms with Crippen LogP contribution < -0.4 is 5.32 Å². The predicted octanol–water partition coefficient (Wildman–Crippen LogP) is 2.55. The van der Waals surface area contributed by atoms with Crippen LogP contribution in [0.15, 0.2) is 16.8 Å². The molecule has 0 spiro atoms. The largest absolute Gasteiger partial charge is 0.330 e. The molecule has 128 valence electrons. The minimum atomic E-state index is 0.0291. The third-order valence-electron chi connectivity index (χ3n) is 5.23. The smallest absolute Gasteiger partial charge is 0.276 e. The minimum Gasteiger partial charge on any atom is -0.330 e. The number of thiophene rings is 1. The Morgan fingerprint density at radius 3 is 2.92 bits per heavy atom. The van der Waals surface area contributed by atoms with E-state index >= 15 is 0 Å². The van der Waals surface area contributed by atoms with Gasteiger partial charge in [0.25, 0.3) is 5.91 Å². The summed E-state index contributed by atoms with van der Waals surface area (Å²) in [5.41, 5.74) is 2.67. The first-order valence-corrected chi connectivity index (χ1v) is 9.65. The fourth-order valence-corrected chi connectivity index (χ4v) is 4.60. The molecule has 2 fully saturated rings. The monoisotopic (exact) mass is 345 g/mol. The minimum absolute atomic E-state index is 0.0291. The number of hydrogen-bond acceptors (Lipinski definition) is 5. The van der Waals surface area contributed by atoms with Gasteiger partial charge in [-0.15, -0.1) is 5.10 Å². The van der Waals surface area contributed by atoms with Crippen molar-refractivity contribution in [3.05, 3.63) is 33.8 Å². The molecule has 0 saturated carbocycles. The molecule has 0 bridgehead atoms. The first-order chi connectivity index (χ1) is 11.8. The van der Waals surface area contributed by atoms with Gasteiger partial charge in [-0.25, -0.2) is 4.68 Å². The van der Waals surface area contributed by atoms with Gasteiger partial charge in [-0.2, -0.15) is 11.3 Å². The lowest BCUT2D eigenvalue weighted by Gasteiger charge is -2.25. The van der Waals surface area contributed by atoms with E-state index in [4.69, 9.17) is 0 Å². The van der Waals surface area contributed by atoms with Crippen LogP contribution in [0.25, 0.3) is 0 Å². The van der Waals surface area contributed by atoms with Crippen LogP contribution in [0, 0.1) is 6.92 Å². The molecule has 1 amide bonds. The van der Waals surface area contributed by atoms with Crippen molar-refractivity contribution >= 4 is 17.2 Å². The molecule has 4 rings (SSSR count). The topological polar surface area (TPSA) is 63.1 Å². The lowest BCUT2D eigenvalue weighted by Crippen LogP contribution is -2.32. The van der Waals surface area contributed by atoms with Gasteiger partial charge in [0.1, 0.15) is 0 Å². The number of nitrogens with zero attached hydrogens (tertiary/aromatic N) is 4. The molecular formula is C17H23N5OS. The number of piperidine rings is 1. The van der Waals surface area contributed by atoms with Crippen LogP contribution >= 0.6 is 11.3 Å². The Morgan fingerprint density at radius 2 is 2.17 bits per heavy atom. The Balaban J connectivity index is 1.57.